The van der Waals surface area contributed by atoms with Gasteiger partial charge in [0.1, 0.15) is 11.3 Å². The summed E-state index contributed by atoms with van der Waals surface area (Å²) in [5.41, 5.74) is 1.70. The molecule has 4 aromatic rings. The van der Waals surface area contributed by atoms with Crippen molar-refractivity contribution in [1.82, 2.24) is 4.90 Å². The highest BCUT2D eigenvalue weighted by atomic mass is 35.5. The van der Waals surface area contributed by atoms with Gasteiger partial charge in [-0.2, -0.15) is 0 Å². The molecule has 8 heteroatoms. The zero-order valence-corrected chi connectivity index (χ0v) is 18.9. The van der Waals surface area contributed by atoms with E-state index in [4.69, 9.17) is 29.9 Å². The lowest BCUT2D eigenvalue weighted by Gasteiger charge is -2.25. The average Bonchev–Trinajstić information content (AvgIpc) is 3.42. The van der Waals surface area contributed by atoms with Crippen molar-refractivity contribution in [2.45, 2.75) is 19.5 Å². The molecule has 0 aliphatic carbocycles. The summed E-state index contributed by atoms with van der Waals surface area (Å²) in [5.74, 6) is 1.22. The molecule has 1 atom stereocenters. The Bertz CT molecular complexity index is 1440. The quantitative estimate of drug-likeness (QED) is 0.407. The van der Waals surface area contributed by atoms with Gasteiger partial charge in [0.25, 0.3) is 5.91 Å². The van der Waals surface area contributed by atoms with E-state index in [0.29, 0.717) is 38.8 Å². The Kier molecular flexibility index (Phi) is 5.13. The van der Waals surface area contributed by atoms with E-state index in [1.165, 1.54) is 13.4 Å². The largest absolute Gasteiger partial charge is 0.493 e. The van der Waals surface area contributed by atoms with E-state index >= 15 is 0 Å². The number of benzene rings is 2. The van der Waals surface area contributed by atoms with Crippen LogP contribution in [0.2, 0.25) is 5.02 Å². The highest BCUT2D eigenvalue weighted by Crippen LogP contribution is 2.42. The van der Waals surface area contributed by atoms with Gasteiger partial charge in [-0.05, 0) is 54.4 Å². The molecule has 0 spiro atoms. The molecule has 1 aliphatic heterocycles. The van der Waals surface area contributed by atoms with Crippen LogP contribution in [0.15, 0.2) is 62.4 Å². The Morgan fingerprint density at radius 2 is 1.85 bits per heavy atom. The van der Waals surface area contributed by atoms with E-state index in [1.807, 2.05) is 6.92 Å². The Hall–Kier alpha value is -3.71. The molecule has 2 aromatic heterocycles. The number of hydrogen-bond acceptors (Lipinski definition) is 6. The number of carbonyl (C=O) groups is 1. The lowest BCUT2D eigenvalue weighted by molar-refractivity contribution is 0.0701. The van der Waals surface area contributed by atoms with Crippen LogP contribution in [0.4, 0.5) is 0 Å². The van der Waals surface area contributed by atoms with E-state index in [2.05, 4.69) is 0 Å². The average molecular weight is 466 g/mol. The lowest BCUT2D eigenvalue weighted by atomic mass is 9.97. The predicted octanol–water partition coefficient (Wildman–Crippen LogP) is 5.11. The van der Waals surface area contributed by atoms with Crippen LogP contribution in [0.25, 0.3) is 11.0 Å². The van der Waals surface area contributed by atoms with Gasteiger partial charge in [-0.3, -0.25) is 9.59 Å². The van der Waals surface area contributed by atoms with Crippen LogP contribution in [0.5, 0.6) is 11.5 Å². The second-order valence-corrected chi connectivity index (χ2v) is 8.21. The molecular formula is C25H20ClNO6. The minimum atomic E-state index is -0.710. The summed E-state index contributed by atoms with van der Waals surface area (Å²) in [6, 6.07) is 11.4. The first-order valence-corrected chi connectivity index (χ1v) is 10.6. The summed E-state index contributed by atoms with van der Waals surface area (Å²) in [6.07, 6.45) is 1.54. The fourth-order valence-electron chi connectivity index (χ4n) is 4.24. The third-order valence-electron chi connectivity index (χ3n) is 5.88. The molecule has 5 rings (SSSR count). The van der Waals surface area contributed by atoms with Crippen molar-refractivity contribution in [2.24, 2.45) is 0 Å². The van der Waals surface area contributed by atoms with Gasteiger partial charge >= 0.3 is 0 Å². The van der Waals surface area contributed by atoms with Crippen molar-refractivity contribution in [3.63, 3.8) is 0 Å². The molecule has 0 bridgehead atoms. The minimum Gasteiger partial charge on any atom is -0.493 e. The molecule has 0 saturated heterocycles. The van der Waals surface area contributed by atoms with Crippen LogP contribution >= 0.6 is 11.6 Å². The van der Waals surface area contributed by atoms with E-state index in [9.17, 15) is 9.59 Å². The fraction of sp³-hybridized carbons (Fsp3) is 0.200. The monoisotopic (exact) mass is 465 g/mol. The van der Waals surface area contributed by atoms with Gasteiger partial charge in [-0.15, -0.1) is 0 Å². The number of carbonyl (C=O) groups excluding carboxylic acids is 1. The molecule has 1 aliphatic rings. The SMILES string of the molecule is COc1ccc(C2c3c(oc4cc(C)c(Cl)cc4c3=O)C(=O)N2Cc2ccco2)cc1OC. The van der Waals surface area contributed by atoms with Crippen LogP contribution in [0.1, 0.15) is 39.0 Å². The predicted molar refractivity (Wildman–Crippen MR) is 122 cm³/mol. The highest BCUT2D eigenvalue weighted by Gasteiger charge is 2.43. The highest BCUT2D eigenvalue weighted by molar-refractivity contribution is 6.32. The topological polar surface area (TPSA) is 82.1 Å². The normalized spacial score (nSPS) is 15.2. The Morgan fingerprint density at radius 3 is 2.55 bits per heavy atom. The maximum atomic E-state index is 13.7. The van der Waals surface area contributed by atoms with Crippen molar-refractivity contribution in [1.29, 1.82) is 0 Å². The first-order chi connectivity index (χ1) is 15.9. The van der Waals surface area contributed by atoms with Crippen LogP contribution in [0, 0.1) is 6.92 Å². The van der Waals surface area contributed by atoms with Crippen molar-refractivity contribution >= 4 is 28.5 Å². The second-order valence-electron chi connectivity index (χ2n) is 7.80. The number of rotatable bonds is 5. The number of fused-ring (bicyclic) bond motifs is 2. The number of methoxy groups -OCH3 is 2. The lowest BCUT2D eigenvalue weighted by Crippen LogP contribution is -2.29. The summed E-state index contributed by atoms with van der Waals surface area (Å²) in [5, 5.41) is 0.775. The maximum absolute atomic E-state index is 13.7. The van der Waals surface area contributed by atoms with Crippen molar-refractivity contribution < 1.29 is 23.1 Å². The van der Waals surface area contributed by atoms with E-state index in [1.54, 1.807) is 54.5 Å². The van der Waals surface area contributed by atoms with Crippen molar-refractivity contribution in [2.75, 3.05) is 14.2 Å². The summed E-state index contributed by atoms with van der Waals surface area (Å²) in [4.78, 5) is 28.7. The molecule has 0 radical (unpaired) electrons. The molecule has 33 heavy (non-hydrogen) atoms. The van der Waals surface area contributed by atoms with Crippen molar-refractivity contribution in [3.8, 4) is 11.5 Å². The van der Waals surface area contributed by atoms with Gasteiger partial charge in [0, 0.05) is 5.02 Å². The molecule has 0 fully saturated rings. The van der Waals surface area contributed by atoms with Gasteiger partial charge in [0.2, 0.25) is 5.76 Å². The third-order valence-corrected chi connectivity index (χ3v) is 6.28. The van der Waals surface area contributed by atoms with E-state index < -0.39 is 11.9 Å². The van der Waals surface area contributed by atoms with Crippen LogP contribution in [0.3, 0.4) is 0 Å². The number of halogens is 1. The van der Waals surface area contributed by atoms with Crippen LogP contribution < -0.4 is 14.9 Å². The maximum Gasteiger partial charge on any atom is 0.291 e. The van der Waals surface area contributed by atoms with Gasteiger partial charge in [0.15, 0.2) is 16.9 Å². The van der Waals surface area contributed by atoms with E-state index in [-0.39, 0.29) is 23.3 Å². The van der Waals surface area contributed by atoms with Crippen LogP contribution in [-0.4, -0.2) is 25.0 Å². The first-order valence-electron chi connectivity index (χ1n) is 10.2. The van der Waals surface area contributed by atoms with Gasteiger partial charge in [-0.1, -0.05) is 17.7 Å². The summed E-state index contributed by atoms with van der Waals surface area (Å²) in [7, 11) is 3.07. The molecule has 168 valence electrons. The number of nitrogens with zero attached hydrogens (tertiary/aromatic N) is 1. The molecule has 7 nitrogen and oxygen atoms in total. The Balaban J connectivity index is 1.76. The minimum absolute atomic E-state index is 0.0144. The molecule has 1 amide bonds. The fourth-order valence-corrected chi connectivity index (χ4v) is 4.41. The summed E-state index contributed by atoms with van der Waals surface area (Å²) < 4.78 is 22.3. The van der Waals surface area contributed by atoms with Crippen molar-refractivity contribution in [3.05, 3.63) is 92.2 Å². The molecule has 3 heterocycles. The van der Waals surface area contributed by atoms with Crippen LogP contribution in [-0.2, 0) is 6.54 Å². The number of hydrogen-bond donors (Lipinski definition) is 0. The zero-order valence-electron chi connectivity index (χ0n) is 18.2. The summed E-state index contributed by atoms with van der Waals surface area (Å²) >= 11 is 6.29. The molecule has 0 N–H and O–H groups in total. The molecule has 2 aromatic carbocycles. The standard InChI is InChI=1S/C25H20ClNO6/c1-13-9-19-16(11-17(13)26)23(28)21-22(14-6-7-18(30-2)20(10-14)31-3)27(25(29)24(21)33-19)12-15-5-4-8-32-15/h4-11,22H,12H2,1-3H3. The molecule has 0 saturated carbocycles. The Labute approximate surface area is 194 Å². The smallest absolute Gasteiger partial charge is 0.291 e. The van der Waals surface area contributed by atoms with Gasteiger partial charge in [-0.25, -0.2) is 0 Å². The third kappa shape index (κ3) is 3.36. The number of furan rings is 1. The summed E-state index contributed by atoms with van der Waals surface area (Å²) in [6.45, 7) is 1.97. The molecule has 1 unspecified atom stereocenters. The zero-order chi connectivity index (χ0) is 23.3. The Morgan fingerprint density at radius 1 is 1.06 bits per heavy atom. The number of amides is 1. The van der Waals surface area contributed by atoms with E-state index in [0.717, 1.165) is 5.56 Å². The first kappa shape index (κ1) is 21.2. The number of ether oxygens (including phenoxy) is 2. The van der Waals surface area contributed by atoms with Gasteiger partial charge in [0.05, 0.1) is 44.0 Å². The molecular weight excluding hydrogens is 446 g/mol. The second kappa shape index (κ2) is 8.01. The van der Waals surface area contributed by atoms with Gasteiger partial charge < -0.3 is 23.2 Å². The number of aryl methyl sites for hydroxylation is 1.